The number of nitro benzene ring substituents is 1. The molecule has 0 heterocycles. The molecule has 0 spiro atoms. The average Bonchev–Trinajstić information content (AvgIpc) is 2.91. The predicted octanol–water partition coefficient (Wildman–Crippen LogP) is 4.49. The fraction of sp³-hybridized carbons (Fsp3) is 0.286. The number of para-hydroxylation sites is 3. The van der Waals surface area contributed by atoms with Crippen LogP contribution in [0.3, 0.4) is 0 Å². The van der Waals surface area contributed by atoms with Crippen molar-refractivity contribution in [2.45, 2.75) is 45.4 Å². The molecule has 3 aromatic carbocycles. The lowest BCUT2D eigenvalue weighted by atomic mass is 10.1. The molecule has 3 aromatic rings. The van der Waals surface area contributed by atoms with Crippen LogP contribution in [0.4, 0.5) is 10.5 Å². The number of nitrogens with one attached hydrogen (secondary N) is 1. The first-order chi connectivity index (χ1) is 19.8. The Morgan fingerprint density at radius 2 is 1.55 bits per heavy atom. The maximum Gasteiger partial charge on any atom is 0.501 e. The Balaban J connectivity index is 1.66. The summed E-state index contributed by atoms with van der Waals surface area (Å²) in [6.07, 6.45) is -0.771. The molecule has 0 aromatic heterocycles. The highest BCUT2D eigenvalue weighted by Crippen LogP contribution is 2.30. The van der Waals surface area contributed by atoms with Crippen LogP contribution in [-0.2, 0) is 37.7 Å². The van der Waals surface area contributed by atoms with E-state index in [9.17, 15) is 28.1 Å². The van der Waals surface area contributed by atoms with Gasteiger partial charge in [-0.2, -0.15) is 0 Å². The molecular weight excluding hydrogens is 572 g/mol. The van der Waals surface area contributed by atoms with Gasteiger partial charge in [0.2, 0.25) is 0 Å². The zero-order valence-corrected chi connectivity index (χ0v) is 24.1. The summed E-state index contributed by atoms with van der Waals surface area (Å²) < 4.78 is 51.0. The SMILES string of the molecule is COC(=O)C(Cc1ccc(OS(=O)(=O)Oc2ccccc2OCc2ccccc2[N+](=O)[O-])cc1)NC(=O)OC(C)(C)C. The van der Waals surface area contributed by atoms with E-state index in [1.807, 2.05) is 0 Å². The summed E-state index contributed by atoms with van der Waals surface area (Å²) in [4.78, 5) is 35.0. The van der Waals surface area contributed by atoms with Gasteiger partial charge in [-0.05, 0) is 56.7 Å². The van der Waals surface area contributed by atoms with Crippen LogP contribution in [0.5, 0.6) is 17.2 Å². The zero-order chi connectivity index (χ0) is 30.9. The van der Waals surface area contributed by atoms with Crippen molar-refractivity contribution in [3.63, 3.8) is 0 Å². The van der Waals surface area contributed by atoms with Crippen molar-refractivity contribution in [1.82, 2.24) is 5.32 Å². The second-order valence-corrected chi connectivity index (χ2v) is 10.9. The molecule has 0 aliphatic carbocycles. The molecule has 224 valence electrons. The van der Waals surface area contributed by atoms with E-state index in [2.05, 4.69) is 5.32 Å². The third kappa shape index (κ3) is 9.66. The van der Waals surface area contributed by atoms with Crippen LogP contribution in [0.15, 0.2) is 72.8 Å². The maximum atomic E-state index is 12.7. The van der Waals surface area contributed by atoms with E-state index >= 15 is 0 Å². The molecule has 0 aliphatic heterocycles. The van der Waals surface area contributed by atoms with Gasteiger partial charge in [0, 0.05) is 12.5 Å². The smallest absolute Gasteiger partial charge is 0.485 e. The number of benzene rings is 3. The summed E-state index contributed by atoms with van der Waals surface area (Å²) in [5.74, 6) is -0.960. The van der Waals surface area contributed by atoms with Gasteiger partial charge < -0.3 is 27.9 Å². The van der Waals surface area contributed by atoms with Crippen LogP contribution in [0.1, 0.15) is 31.9 Å². The molecule has 1 amide bonds. The van der Waals surface area contributed by atoms with Crippen molar-refractivity contribution >= 4 is 28.1 Å². The molecule has 1 unspecified atom stereocenters. The van der Waals surface area contributed by atoms with Crippen LogP contribution in [0.25, 0.3) is 0 Å². The molecule has 42 heavy (non-hydrogen) atoms. The second kappa shape index (κ2) is 13.7. The zero-order valence-electron chi connectivity index (χ0n) is 23.3. The lowest BCUT2D eigenvalue weighted by Gasteiger charge is -2.22. The third-order valence-electron chi connectivity index (χ3n) is 5.35. The fourth-order valence-corrected chi connectivity index (χ4v) is 4.29. The topological polar surface area (TPSA) is 170 Å². The van der Waals surface area contributed by atoms with Gasteiger partial charge >= 0.3 is 22.5 Å². The third-order valence-corrected chi connectivity index (χ3v) is 6.13. The monoisotopic (exact) mass is 602 g/mol. The van der Waals surface area contributed by atoms with Gasteiger partial charge in [-0.3, -0.25) is 10.1 Å². The Morgan fingerprint density at radius 3 is 2.17 bits per heavy atom. The molecule has 0 radical (unpaired) electrons. The molecule has 0 aliphatic rings. The standard InChI is InChI=1S/C28H30N2O11S/c1-28(2,3)39-27(32)29-22(26(31)37-4)17-19-13-15-21(16-14-19)40-42(35,36)41-25-12-8-7-11-24(25)38-18-20-9-5-6-10-23(20)30(33)34/h5-16,22H,17-18H2,1-4H3,(H,29,32). The Kier molecular flexibility index (Phi) is 10.3. The minimum atomic E-state index is -4.64. The fourth-order valence-electron chi connectivity index (χ4n) is 3.55. The first-order valence-electron chi connectivity index (χ1n) is 12.5. The van der Waals surface area contributed by atoms with E-state index in [4.69, 9.17) is 22.6 Å². The van der Waals surface area contributed by atoms with Gasteiger partial charge in [0.1, 0.15) is 24.0 Å². The highest BCUT2D eigenvalue weighted by atomic mass is 32.3. The highest BCUT2D eigenvalue weighted by Gasteiger charge is 2.26. The van der Waals surface area contributed by atoms with Gasteiger partial charge in [0.05, 0.1) is 17.6 Å². The average molecular weight is 603 g/mol. The lowest BCUT2D eigenvalue weighted by Crippen LogP contribution is -2.45. The van der Waals surface area contributed by atoms with E-state index in [1.54, 1.807) is 32.9 Å². The molecule has 0 saturated carbocycles. The van der Waals surface area contributed by atoms with Crippen LogP contribution >= 0.6 is 0 Å². The first kappa shape index (κ1) is 31.7. The van der Waals surface area contributed by atoms with Crippen LogP contribution in [-0.4, -0.2) is 44.2 Å². The Morgan fingerprint density at radius 1 is 0.929 bits per heavy atom. The van der Waals surface area contributed by atoms with Gasteiger partial charge in [-0.15, -0.1) is 8.42 Å². The van der Waals surface area contributed by atoms with Gasteiger partial charge in [0.15, 0.2) is 11.5 Å². The number of hydrogen-bond donors (Lipinski definition) is 1. The maximum absolute atomic E-state index is 12.7. The number of amides is 1. The minimum absolute atomic E-state index is 0.0181. The molecule has 3 rings (SSSR count). The quantitative estimate of drug-likeness (QED) is 0.176. The largest absolute Gasteiger partial charge is 0.501 e. The molecule has 0 saturated heterocycles. The van der Waals surface area contributed by atoms with Gasteiger partial charge in [-0.1, -0.05) is 36.4 Å². The van der Waals surface area contributed by atoms with E-state index in [0.717, 1.165) is 0 Å². The van der Waals surface area contributed by atoms with Crippen LogP contribution in [0.2, 0.25) is 0 Å². The Labute approximate surface area is 242 Å². The minimum Gasteiger partial charge on any atom is -0.485 e. The molecular formula is C28H30N2O11S. The van der Waals surface area contributed by atoms with Crippen molar-refractivity contribution in [3.8, 4) is 17.2 Å². The molecule has 14 heteroatoms. The number of carbonyl (C=O) groups excluding carboxylic acids is 2. The number of methoxy groups -OCH3 is 1. The van der Waals surface area contributed by atoms with Gasteiger partial charge in [-0.25, -0.2) is 9.59 Å². The number of hydrogen-bond acceptors (Lipinski definition) is 11. The number of alkyl carbamates (subject to hydrolysis) is 1. The lowest BCUT2D eigenvalue weighted by molar-refractivity contribution is -0.385. The molecule has 1 N–H and O–H groups in total. The summed E-state index contributed by atoms with van der Waals surface area (Å²) in [6, 6.07) is 16.5. The number of esters is 1. The number of ether oxygens (including phenoxy) is 3. The van der Waals surface area contributed by atoms with E-state index in [1.165, 1.54) is 67.8 Å². The van der Waals surface area contributed by atoms with E-state index < -0.39 is 39.0 Å². The summed E-state index contributed by atoms with van der Waals surface area (Å²) in [6.45, 7) is 4.83. The normalized spacial score (nSPS) is 12.0. The summed E-state index contributed by atoms with van der Waals surface area (Å²) in [7, 11) is -3.45. The summed E-state index contributed by atoms with van der Waals surface area (Å²) in [5, 5.41) is 13.7. The first-order valence-corrected chi connectivity index (χ1v) is 13.8. The predicted molar refractivity (Wildman–Crippen MR) is 149 cm³/mol. The van der Waals surface area contributed by atoms with Crippen LogP contribution in [0, 0.1) is 10.1 Å². The van der Waals surface area contributed by atoms with Crippen molar-refractivity contribution in [2.75, 3.05) is 7.11 Å². The number of carbonyl (C=O) groups is 2. The number of nitrogens with zero attached hydrogens (tertiary/aromatic N) is 1. The molecule has 0 fully saturated rings. The molecule has 13 nitrogen and oxygen atoms in total. The Hall–Kier alpha value is -4.85. The van der Waals surface area contributed by atoms with E-state index in [0.29, 0.717) is 5.56 Å². The summed E-state index contributed by atoms with van der Waals surface area (Å²) in [5.41, 5.74) is -0.0750. The molecule has 0 bridgehead atoms. The van der Waals surface area contributed by atoms with E-state index in [-0.39, 0.29) is 41.5 Å². The number of nitro groups is 1. The highest BCUT2D eigenvalue weighted by molar-refractivity contribution is 7.82. The van der Waals surface area contributed by atoms with Crippen molar-refractivity contribution in [2.24, 2.45) is 0 Å². The second-order valence-electron chi connectivity index (χ2n) is 9.77. The number of rotatable bonds is 12. The molecule has 1 atom stereocenters. The Bertz CT molecular complexity index is 1520. The van der Waals surface area contributed by atoms with Crippen molar-refractivity contribution in [1.29, 1.82) is 0 Å². The van der Waals surface area contributed by atoms with Crippen molar-refractivity contribution in [3.05, 3.63) is 94.0 Å². The summed E-state index contributed by atoms with van der Waals surface area (Å²) >= 11 is 0. The van der Waals surface area contributed by atoms with Crippen LogP contribution < -0.4 is 18.4 Å². The van der Waals surface area contributed by atoms with Crippen molar-refractivity contribution < 1.29 is 45.5 Å². The van der Waals surface area contributed by atoms with Gasteiger partial charge in [0.25, 0.3) is 5.69 Å².